The van der Waals surface area contributed by atoms with Crippen molar-refractivity contribution >= 4 is 5.91 Å². The second-order valence-electron chi connectivity index (χ2n) is 7.85. The van der Waals surface area contributed by atoms with E-state index >= 15 is 0 Å². The fraction of sp³-hybridized carbons (Fsp3) is 0.941. The minimum Gasteiger partial charge on any atom is -0.342 e. The van der Waals surface area contributed by atoms with E-state index in [9.17, 15) is 4.79 Å². The van der Waals surface area contributed by atoms with E-state index in [-0.39, 0.29) is 5.41 Å². The molecule has 0 aromatic heterocycles. The molecule has 0 bridgehead atoms. The summed E-state index contributed by atoms with van der Waals surface area (Å²) < 4.78 is 0. The zero-order chi connectivity index (χ0) is 14.8. The number of piperidine rings is 1. The Hall–Kier alpha value is -0.570. The third-order valence-electron chi connectivity index (χ3n) is 4.99. The van der Waals surface area contributed by atoms with Crippen LogP contribution in [0.15, 0.2) is 0 Å². The topological polar surface area (TPSA) is 32.3 Å². The second-order valence-corrected chi connectivity index (χ2v) is 7.85. The van der Waals surface area contributed by atoms with Gasteiger partial charge in [0.05, 0.1) is 0 Å². The average molecular weight is 280 g/mol. The van der Waals surface area contributed by atoms with Crippen LogP contribution >= 0.6 is 0 Å². The van der Waals surface area contributed by atoms with Crippen LogP contribution in [0.3, 0.4) is 0 Å². The highest BCUT2D eigenvalue weighted by molar-refractivity contribution is 5.81. The molecule has 2 unspecified atom stereocenters. The van der Waals surface area contributed by atoms with Crippen LogP contribution in [0.4, 0.5) is 0 Å². The van der Waals surface area contributed by atoms with Crippen molar-refractivity contribution in [2.24, 2.45) is 11.3 Å². The number of nitrogens with one attached hydrogen (secondary N) is 1. The number of hydrogen-bond donors (Lipinski definition) is 1. The lowest BCUT2D eigenvalue weighted by molar-refractivity contribution is -0.140. The molecule has 1 amide bonds. The minimum atomic E-state index is -0.238. The van der Waals surface area contributed by atoms with Crippen LogP contribution in [0.25, 0.3) is 0 Å². The molecule has 1 N–H and O–H groups in total. The van der Waals surface area contributed by atoms with E-state index in [1.807, 2.05) is 20.8 Å². The van der Waals surface area contributed by atoms with Crippen molar-refractivity contribution < 1.29 is 4.79 Å². The number of carbonyl (C=O) groups excluding carboxylic acids is 1. The van der Waals surface area contributed by atoms with Gasteiger partial charge in [0.1, 0.15) is 0 Å². The molecular formula is C17H32N2O. The van der Waals surface area contributed by atoms with Crippen LogP contribution in [0.2, 0.25) is 0 Å². The summed E-state index contributed by atoms with van der Waals surface area (Å²) in [5, 5.41) is 3.87. The molecule has 116 valence electrons. The quantitative estimate of drug-likeness (QED) is 0.842. The number of carbonyl (C=O) groups is 1. The highest BCUT2D eigenvalue weighted by atomic mass is 16.2. The van der Waals surface area contributed by atoms with Crippen molar-refractivity contribution in [2.45, 2.75) is 78.3 Å². The van der Waals surface area contributed by atoms with Crippen LogP contribution in [0, 0.1) is 11.3 Å². The van der Waals surface area contributed by atoms with E-state index in [0.717, 1.165) is 31.8 Å². The van der Waals surface area contributed by atoms with Crippen LogP contribution in [0.1, 0.15) is 66.2 Å². The lowest BCUT2D eigenvalue weighted by atomic mass is 9.85. The number of rotatable bonds is 2. The molecule has 2 rings (SSSR count). The molecule has 1 aliphatic heterocycles. The van der Waals surface area contributed by atoms with Crippen molar-refractivity contribution in [2.75, 3.05) is 13.1 Å². The largest absolute Gasteiger partial charge is 0.342 e. The van der Waals surface area contributed by atoms with Crippen LogP contribution in [-0.4, -0.2) is 36.0 Å². The van der Waals surface area contributed by atoms with Gasteiger partial charge in [0.25, 0.3) is 0 Å². The molecule has 2 aliphatic rings. The molecule has 1 heterocycles. The molecular weight excluding hydrogens is 248 g/mol. The Morgan fingerprint density at radius 1 is 1.05 bits per heavy atom. The Morgan fingerprint density at radius 2 is 1.65 bits per heavy atom. The first-order chi connectivity index (χ1) is 9.38. The van der Waals surface area contributed by atoms with Gasteiger partial charge >= 0.3 is 0 Å². The number of nitrogens with zero attached hydrogens (tertiary/aromatic N) is 1. The van der Waals surface area contributed by atoms with Gasteiger partial charge in [-0.05, 0) is 31.6 Å². The number of hydrogen-bond acceptors (Lipinski definition) is 2. The van der Waals surface area contributed by atoms with Gasteiger partial charge in [0, 0.05) is 30.6 Å². The van der Waals surface area contributed by atoms with Gasteiger partial charge < -0.3 is 10.2 Å². The van der Waals surface area contributed by atoms with E-state index in [4.69, 9.17) is 0 Å². The average Bonchev–Trinajstić information content (AvgIpc) is 2.40. The molecule has 20 heavy (non-hydrogen) atoms. The minimum absolute atomic E-state index is 0.238. The summed E-state index contributed by atoms with van der Waals surface area (Å²) in [6.45, 7) is 10.3. The van der Waals surface area contributed by atoms with Gasteiger partial charge in [-0.3, -0.25) is 4.79 Å². The lowest BCUT2D eigenvalue weighted by Gasteiger charge is -2.39. The highest BCUT2D eigenvalue weighted by Crippen LogP contribution is 2.26. The van der Waals surface area contributed by atoms with Crippen molar-refractivity contribution in [1.29, 1.82) is 0 Å². The maximum atomic E-state index is 12.3. The molecule has 1 saturated heterocycles. The summed E-state index contributed by atoms with van der Waals surface area (Å²) in [5.41, 5.74) is -0.238. The third-order valence-corrected chi connectivity index (χ3v) is 4.99. The van der Waals surface area contributed by atoms with Crippen LogP contribution in [-0.2, 0) is 4.79 Å². The Bertz CT molecular complexity index is 326. The first-order valence-electron chi connectivity index (χ1n) is 8.43. The van der Waals surface area contributed by atoms with E-state index < -0.39 is 0 Å². The summed E-state index contributed by atoms with van der Waals surface area (Å²) in [6, 6.07) is 1.32. The summed E-state index contributed by atoms with van der Waals surface area (Å²) in [7, 11) is 0. The fourth-order valence-electron chi connectivity index (χ4n) is 3.59. The van der Waals surface area contributed by atoms with E-state index in [1.165, 1.54) is 25.7 Å². The standard InChI is InChI=1S/C17H32N2O/c1-13-7-5-6-8-15(13)18-14-9-11-19(12-10-14)16(20)17(2,3)4/h13-15,18H,5-12H2,1-4H3. The molecule has 2 fully saturated rings. The first kappa shape index (κ1) is 15.8. The molecule has 3 heteroatoms. The number of likely N-dealkylation sites (tertiary alicyclic amines) is 1. The Balaban J connectivity index is 1.78. The van der Waals surface area contributed by atoms with Crippen molar-refractivity contribution in [1.82, 2.24) is 10.2 Å². The molecule has 3 nitrogen and oxygen atoms in total. The lowest BCUT2D eigenvalue weighted by Crippen LogP contribution is -2.51. The van der Waals surface area contributed by atoms with Gasteiger partial charge in [0.15, 0.2) is 0 Å². The highest BCUT2D eigenvalue weighted by Gasteiger charge is 2.31. The summed E-state index contributed by atoms with van der Waals surface area (Å²) in [5.74, 6) is 1.12. The predicted octanol–water partition coefficient (Wildman–Crippen LogP) is 3.19. The van der Waals surface area contributed by atoms with Crippen molar-refractivity contribution in [3.63, 3.8) is 0 Å². The molecule has 1 saturated carbocycles. The van der Waals surface area contributed by atoms with Gasteiger partial charge in [-0.1, -0.05) is 40.5 Å². The summed E-state index contributed by atoms with van der Waals surface area (Å²) in [4.78, 5) is 14.3. The third kappa shape index (κ3) is 3.97. The Labute approximate surface area is 124 Å². The molecule has 2 atom stereocenters. The zero-order valence-corrected chi connectivity index (χ0v) is 13.7. The summed E-state index contributed by atoms with van der Waals surface area (Å²) >= 11 is 0. The van der Waals surface area contributed by atoms with Crippen LogP contribution in [0.5, 0.6) is 0 Å². The number of amides is 1. The molecule has 0 spiro atoms. The zero-order valence-electron chi connectivity index (χ0n) is 13.7. The van der Waals surface area contributed by atoms with Gasteiger partial charge in [-0.15, -0.1) is 0 Å². The SMILES string of the molecule is CC1CCCCC1NC1CCN(C(=O)C(C)(C)C)CC1. The van der Waals surface area contributed by atoms with Gasteiger partial charge in [-0.25, -0.2) is 0 Å². The maximum Gasteiger partial charge on any atom is 0.227 e. The smallest absolute Gasteiger partial charge is 0.227 e. The van der Waals surface area contributed by atoms with Crippen molar-refractivity contribution in [3.8, 4) is 0 Å². The molecule has 0 aromatic rings. The Kier molecular flexibility index (Phi) is 5.11. The Morgan fingerprint density at radius 3 is 2.20 bits per heavy atom. The first-order valence-corrected chi connectivity index (χ1v) is 8.43. The van der Waals surface area contributed by atoms with Gasteiger partial charge in [0.2, 0.25) is 5.91 Å². The normalized spacial score (nSPS) is 29.5. The van der Waals surface area contributed by atoms with E-state index in [1.54, 1.807) is 0 Å². The molecule has 0 aromatic carbocycles. The predicted molar refractivity (Wildman–Crippen MR) is 83.6 cm³/mol. The van der Waals surface area contributed by atoms with Gasteiger partial charge in [-0.2, -0.15) is 0 Å². The van der Waals surface area contributed by atoms with Crippen LogP contribution < -0.4 is 5.32 Å². The van der Waals surface area contributed by atoms with E-state index in [2.05, 4.69) is 17.1 Å². The second kappa shape index (κ2) is 6.46. The fourth-order valence-corrected chi connectivity index (χ4v) is 3.59. The maximum absolute atomic E-state index is 12.3. The molecule has 1 aliphatic carbocycles. The molecule has 0 radical (unpaired) electrons. The summed E-state index contributed by atoms with van der Waals surface area (Å²) in [6.07, 6.45) is 7.72. The monoisotopic (exact) mass is 280 g/mol. The van der Waals surface area contributed by atoms with Crippen molar-refractivity contribution in [3.05, 3.63) is 0 Å². The van der Waals surface area contributed by atoms with E-state index in [0.29, 0.717) is 18.0 Å².